The van der Waals surface area contributed by atoms with Gasteiger partial charge in [-0.15, -0.1) is 0 Å². The predicted molar refractivity (Wildman–Crippen MR) is 123 cm³/mol. The second-order valence-corrected chi connectivity index (χ2v) is 8.91. The van der Waals surface area contributed by atoms with Crippen molar-refractivity contribution in [2.75, 3.05) is 0 Å². The molecule has 0 aromatic heterocycles. The van der Waals surface area contributed by atoms with Crippen molar-refractivity contribution in [3.63, 3.8) is 0 Å². The summed E-state index contributed by atoms with van der Waals surface area (Å²) in [7, 11) is 0. The molecule has 0 amide bonds. The number of benzene rings is 1. The average molecular weight is 381 g/mol. The number of unbranched alkanes of at least 4 members (excludes halogenated alkanes) is 1. The number of hydrogen-bond acceptors (Lipinski definition) is 1. The van der Waals surface area contributed by atoms with Crippen LogP contribution in [0, 0.1) is 23.7 Å². The molecule has 1 atom stereocenters. The average Bonchev–Trinajstić information content (AvgIpc) is 2.73. The van der Waals surface area contributed by atoms with Crippen LogP contribution in [0.2, 0.25) is 0 Å². The number of allylic oxidation sites excluding steroid dienone is 1. The summed E-state index contributed by atoms with van der Waals surface area (Å²) in [6.07, 6.45) is 16.4. The molecule has 0 bridgehead atoms. The molecule has 1 nitrogen and oxygen atoms in total. The Labute approximate surface area is 173 Å². The SMILES string of the molecule is C=Cc1ccccc1/C=C/CCC(CCCC)C(=O)C1CCC(C(C)C)CC1. The highest BCUT2D eigenvalue weighted by Crippen LogP contribution is 2.36. The summed E-state index contributed by atoms with van der Waals surface area (Å²) in [5, 5.41) is 0. The molecule has 1 aromatic carbocycles. The van der Waals surface area contributed by atoms with Crippen molar-refractivity contribution in [2.45, 2.75) is 78.6 Å². The Bertz CT molecular complexity index is 631. The summed E-state index contributed by atoms with van der Waals surface area (Å²) in [4.78, 5) is 13.2. The van der Waals surface area contributed by atoms with E-state index >= 15 is 0 Å². The molecule has 1 fully saturated rings. The van der Waals surface area contributed by atoms with Crippen molar-refractivity contribution in [2.24, 2.45) is 23.7 Å². The van der Waals surface area contributed by atoms with E-state index in [4.69, 9.17) is 0 Å². The van der Waals surface area contributed by atoms with Gasteiger partial charge in [0.05, 0.1) is 0 Å². The summed E-state index contributed by atoms with van der Waals surface area (Å²) < 4.78 is 0. The molecule has 0 saturated heterocycles. The molecular weight excluding hydrogens is 340 g/mol. The maximum absolute atomic E-state index is 13.2. The van der Waals surface area contributed by atoms with Gasteiger partial charge in [0, 0.05) is 11.8 Å². The Kier molecular flexibility index (Phi) is 9.75. The van der Waals surface area contributed by atoms with Gasteiger partial charge in [-0.3, -0.25) is 4.79 Å². The smallest absolute Gasteiger partial charge is 0.139 e. The van der Waals surface area contributed by atoms with Gasteiger partial charge in [-0.2, -0.15) is 0 Å². The van der Waals surface area contributed by atoms with Gasteiger partial charge in [-0.1, -0.05) is 82.7 Å². The second kappa shape index (κ2) is 12.0. The Morgan fingerprint density at radius 2 is 1.79 bits per heavy atom. The zero-order chi connectivity index (χ0) is 20.4. The lowest BCUT2D eigenvalue weighted by Crippen LogP contribution is -2.29. The van der Waals surface area contributed by atoms with Gasteiger partial charge in [-0.25, -0.2) is 0 Å². The highest BCUT2D eigenvalue weighted by atomic mass is 16.1. The van der Waals surface area contributed by atoms with E-state index in [0.717, 1.165) is 43.9 Å². The number of rotatable bonds is 11. The molecule has 1 aliphatic rings. The minimum absolute atomic E-state index is 0.250. The maximum atomic E-state index is 13.2. The minimum atomic E-state index is 0.250. The van der Waals surface area contributed by atoms with Gasteiger partial charge < -0.3 is 0 Å². The van der Waals surface area contributed by atoms with Crippen molar-refractivity contribution < 1.29 is 4.79 Å². The van der Waals surface area contributed by atoms with E-state index in [1.807, 2.05) is 12.1 Å². The second-order valence-electron chi connectivity index (χ2n) is 8.91. The van der Waals surface area contributed by atoms with E-state index in [0.29, 0.717) is 11.7 Å². The summed E-state index contributed by atoms with van der Waals surface area (Å²) in [6, 6.07) is 8.32. The largest absolute Gasteiger partial charge is 0.299 e. The highest BCUT2D eigenvalue weighted by molar-refractivity contribution is 5.83. The first-order chi connectivity index (χ1) is 13.6. The van der Waals surface area contributed by atoms with Gasteiger partial charge >= 0.3 is 0 Å². The third kappa shape index (κ3) is 6.76. The topological polar surface area (TPSA) is 17.1 Å². The quantitative estimate of drug-likeness (QED) is 0.380. The van der Waals surface area contributed by atoms with E-state index in [-0.39, 0.29) is 5.92 Å². The Hall–Kier alpha value is -1.63. The molecule has 1 unspecified atom stereocenters. The molecule has 0 spiro atoms. The first kappa shape index (κ1) is 22.7. The van der Waals surface area contributed by atoms with Crippen molar-refractivity contribution in [1.82, 2.24) is 0 Å². The van der Waals surface area contributed by atoms with Gasteiger partial charge in [-0.05, 0) is 67.9 Å². The Balaban J connectivity index is 1.91. The van der Waals surface area contributed by atoms with Gasteiger partial charge in [0.1, 0.15) is 5.78 Å². The van der Waals surface area contributed by atoms with Crippen molar-refractivity contribution in [3.8, 4) is 0 Å². The van der Waals surface area contributed by atoms with Gasteiger partial charge in [0.25, 0.3) is 0 Å². The van der Waals surface area contributed by atoms with E-state index in [1.54, 1.807) is 0 Å². The van der Waals surface area contributed by atoms with E-state index in [9.17, 15) is 4.79 Å². The molecule has 2 rings (SSSR count). The zero-order valence-corrected chi connectivity index (χ0v) is 18.3. The number of Topliss-reactive ketones (excluding diaryl/α,β-unsaturated/α-hetero) is 1. The summed E-state index contributed by atoms with van der Waals surface area (Å²) in [5.74, 6) is 2.72. The number of hydrogen-bond donors (Lipinski definition) is 0. The zero-order valence-electron chi connectivity index (χ0n) is 18.3. The van der Waals surface area contributed by atoms with Crippen LogP contribution in [0.25, 0.3) is 12.2 Å². The summed E-state index contributed by atoms with van der Waals surface area (Å²) >= 11 is 0. The number of carbonyl (C=O) groups is 1. The molecule has 0 radical (unpaired) electrons. The van der Waals surface area contributed by atoms with Crippen molar-refractivity contribution >= 4 is 17.9 Å². The molecule has 0 aliphatic heterocycles. The van der Waals surface area contributed by atoms with Crippen LogP contribution in [0.4, 0.5) is 0 Å². The lowest BCUT2D eigenvalue weighted by Gasteiger charge is -2.32. The van der Waals surface area contributed by atoms with Crippen LogP contribution in [-0.4, -0.2) is 5.78 Å². The molecule has 154 valence electrons. The fourth-order valence-electron chi connectivity index (χ4n) is 4.64. The first-order valence-electron chi connectivity index (χ1n) is 11.5. The molecule has 1 heteroatoms. The normalized spacial score (nSPS) is 21.1. The van der Waals surface area contributed by atoms with Crippen molar-refractivity contribution in [1.29, 1.82) is 0 Å². The standard InChI is InChI=1S/C27H40O/c1-5-7-12-25(27(28)26-19-17-23(18-20-26)21(3)4)16-11-10-15-24-14-9-8-13-22(24)6-2/h6,8-10,13-15,21,23,25-26H,2,5,7,11-12,16-20H2,1,3-4H3/b15-10+. The number of carbonyl (C=O) groups excluding carboxylic acids is 1. The molecule has 1 aliphatic carbocycles. The first-order valence-corrected chi connectivity index (χ1v) is 11.5. The van der Waals surface area contributed by atoms with Crippen LogP contribution in [0.15, 0.2) is 36.9 Å². The van der Waals surface area contributed by atoms with Gasteiger partial charge in [0.2, 0.25) is 0 Å². The fourth-order valence-corrected chi connectivity index (χ4v) is 4.64. The van der Waals surface area contributed by atoms with E-state index in [2.05, 4.69) is 57.7 Å². The molecule has 0 N–H and O–H groups in total. The Morgan fingerprint density at radius 1 is 1.11 bits per heavy atom. The molecule has 28 heavy (non-hydrogen) atoms. The minimum Gasteiger partial charge on any atom is -0.299 e. The van der Waals surface area contributed by atoms with Crippen LogP contribution >= 0.6 is 0 Å². The predicted octanol–water partition coefficient (Wildman–Crippen LogP) is 7.96. The monoisotopic (exact) mass is 380 g/mol. The van der Waals surface area contributed by atoms with Crippen LogP contribution in [0.5, 0.6) is 0 Å². The van der Waals surface area contributed by atoms with Crippen LogP contribution in [0.3, 0.4) is 0 Å². The molecule has 1 aromatic rings. The molecular formula is C27H40O. The lowest BCUT2D eigenvalue weighted by molar-refractivity contribution is -0.128. The number of ketones is 1. The maximum Gasteiger partial charge on any atom is 0.139 e. The van der Waals surface area contributed by atoms with Gasteiger partial charge in [0.15, 0.2) is 0 Å². The summed E-state index contributed by atoms with van der Waals surface area (Å²) in [5.41, 5.74) is 2.38. The van der Waals surface area contributed by atoms with Crippen LogP contribution in [0.1, 0.15) is 89.7 Å². The van der Waals surface area contributed by atoms with E-state index in [1.165, 1.54) is 36.8 Å². The lowest BCUT2D eigenvalue weighted by atomic mass is 9.72. The third-order valence-electron chi connectivity index (χ3n) is 6.62. The fraction of sp³-hybridized carbons (Fsp3) is 0.593. The Morgan fingerprint density at radius 3 is 2.39 bits per heavy atom. The van der Waals surface area contributed by atoms with Crippen LogP contribution in [-0.2, 0) is 4.79 Å². The summed E-state index contributed by atoms with van der Waals surface area (Å²) in [6.45, 7) is 10.8. The molecule has 1 saturated carbocycles. The molecule has 0 heterocycles. The highest BCUT2D eigenvalue weighted by Gasteiger charge is 2.31. The van der Waals surface area contributed by atoms with E-state index < -0.39 is 0 Å². The third-order valence-corrected chi connectivity index (χ3v) is 6.62. The van der Waals surface area contributed by atoms with Crippen LogP contribution < -0.4 is 0 Å². The van der Waals surface area contributed by atoms with Crippen molar-refractivity contribution in [3.05, 3.63) is 48.0 Å².